The minimum absolute atomic E-state index is 0.502. The largest absolute Gasteiger partial charge is 0.362 e. The van der Waals surface area contributed by atoms with Crippen molar-refractivity contribution >= 4 is 17.3 Å². The van der Waals surface area contributed by atoms with Crippen molar-refractivity contribution in [1.29, 1.82) is 0 Å². The van der Waals surface area contributed by atoms with Gasteiger partial charge in [0.15, 0.2) is 0 Å². The zero-order chi connectivity index (χ0) is 12.7. The molecule has 1 aliphatic rings. The van der Waals surface area contributed by atoms with Crippen LogP contribution < -0.4 is 4.90 Å². The Morgan fingerprint density at radius 3 is 3.06 bits per heavy atom. The average molecular weight is 262 g/mol. The number of benzene rings is 1. The second kappa shape index (κ2) is 4.32. The number of halogens is 1. The predicted molar refractivity (Wildman–Crippen MR) is 74.1 cm³/mol. The summed E-state index contributed by atoms with van der Waals surface area (Å²) in [7, 11) is 0. The van der Waals surface area contributed by atoms with Crippen LogP contribution >= 0.6 is 11.6 Å². The van der Waals surface area contributed by atoms with E-state index in [-0.39, 0.29) is 0 Å². The summed E-state index contributed by atoms with van der Waals surface area (Å²) in [6.45, 7) is 5.10. The third kappa shape index (κ3) is 1.99. The van der Waals surface area contributed by atoms with Crippen LogP contribution in [0.15, 0.2) is 24.4 Å². The van der Waals surface area contributed by atoms with Crippen molar-refractivity contribution in [2.24, 2.45) is 0 Å². The van der Waals surface area contributed by atoms with Gasteiger partial charge in [-0.15, -0.1) is 0 Å². The van der Waals surface area contributed by atoms with Gasteiger partial charge in [0.05, 0.1) is 18.4 Å². The highest BCUT2D eigenvalue weighted by molar-refractivity contribution is 6.30. The van der Waals surface area contributed by atoms with E-state index in [2.05, 4.69) is 33.9 Å². The minimum Gasteiger partial charge on any atom is -0.362 e. The van der Waals surface area contributed by atoms with E-state index in [4.69, 9.17) is 11.6 Å². The lowest BCUT2D eigenvalue weighted by Gasteiger charge is -2.24. The van der Waals surface area contributed by atoms with Gasteiger partial charge in [0, 0.05) is 16.8 Å². The molecule has 0 spiro atoms. The normalized spacial score (nSPS) is 18.2. The molecule has 1 N–H and O–H groups in total. The van der Waals surface area contributed by atoms with Gasteiger partial charge in [-0.1, -0.05) is 11.6 Å². The van der Waals surface area contributed by atoms with E-state index in [9.17, 15) is 0 Å². The molecule has 0 fully saturated rings. The summed E-state index contributed by atoms with van der Waals surface area (Å²) in [4.78, 5) is 9.94. The van der Waals surface area contributed by atoms with E-state index in [1.54, 1.807) is 0 Å². The lowest BCUT2D eigenvalue weighted by Crippen LogP contribution is -2.28. The molecule has 2 heterocycles. The van der Waals surface area contributed by atoms with Gasteiger partial charge in [-0.05, 0) is 44.0 Å². The molecule has 94 valence electrons. The number of fused-ring (bicyclic) bond motifs is 1. The minimum atomic E-state index is 0.502. The molecule has 0 saturated heterocycles. The zero-order valence-electron chi connectivity index (χ0n) is 10.6. The smallest absolute Gasteiger partial charge is 0.103 e. The SMILES string of the molecule is Cc1ncc(CN2c3ccc(Cl)cc3C[C@H]2C)[nH]1. The first-order chi connectivity index (χ1) is 8.63. The number of hydrogen-bond donors (Lipinski definition) is 1. The van der Waals surface area contributed by atoms with Gasteiger partial charge in [0.2, 0.25) is 0 Å². The molecule has 0 unspecified atom stereocenters. The highest BCUT2D eigenvalue weighted by atomic mass is 35.5. The third-order valence-electron chi connectivity index (χ3n) is 3.49. The lowest BCUT2D eigenvalue weighted by atomic mass is 10.1. The fraction of sp³-hybridized carbons (Fsp3) is 0.357. The van der Waals surface area contributed by atoms with Crippen LogP contribution in [0.3, 0.4) is 0 Å². The number of rotatable bonds is 2. The van der Waals surface area contributed by atoms with Gasteiger partial charge in [-0.25, -0.2) is 4.98 Å². The number of H-pyrrole nitrogens is 1. The Hall–Kier alpha value is -1.48. The van der Waals surface area contributed by atoms with Crippen LogP contribution in [-0.2, 0) is 13.0 Å². The summed E-state index contributed by atoms with van der Waals surface area (Å²) in [6.07, 6.45) is 2.97. The Morgan fingerprint density at radius 2 is 2.33 bits per heavy atom. The van der Waals surface area contributed by atoms with Gasteiger partial charge in [0.1, 0.15) is 5.82 Å². The summed E-state index contributed by atoms with van der Waals surface area (Å²) in [5.41, 5.74) is 3.78. The van der Waals surface area contributed by atoms with E-state index in [0.717, 1.165) is 29.5 Å². The van der Waals surface area contributed by atoms with Gasteiger partial charge in [-0.2, -0.15) is 0 Å². The number of imidazole rings is 1. The van der Waals surface area contributed by atoms with Crippen molar-refractivity contribution in [1.82, 2.24) is 9.97 Å². The standard InChI is InChI=1S/C14H16ClN3/c1-9-5-11-6-12(15)3-4-14(11)18(9)8-13-7-16-10(2)17-13/h3-4,6-7,9H,5,8H2,1-2H3,(H,16,17)/t9-/m1/s1. The van der Waals surface area contributed by atoms with E-state index < -0.39 is 0 Å². The van der Waals surface area contributed by atoms with E-state index >= 15 is 0 Å². The van der Waals surface area contributed by atoms with Crippen molar-refractivity contribution < 1.29 is 0 Å². The first-order valence-electron chi connectivity index (χ1n) is 6.19. The number of nitrogens with zero attached hydrogens (tertiary/aromatic N) is 2. The third-order valence-corrected chi connectivity index (χ3v) is 3.73. The molecule has 1 atom stereocenters. The Labute approximate surface area is 112 Å². The van der Waals surface area contributed by atoms with E-state index in [1.807, 2.05) is 19.2 Å². The Kier molecular flexibility index (Phi) is 2.78. The number of hydrogen-bond acceptors (Lipinski definition) is 2. The molecule has 2 aromatic rings. The Balaban J connectivity index is 1.89. The fourth-order valence-electron chi connectivity index (χ4n) is 2.64. The molecule has 4 heteroatoms. The Bertz CT molecular complexity index is 576. The highest BCUT2D eigenvalue weighted by Gasteiger charge is 2.26. The van der Waals surface area contributed by atoms with Crippen LogP contribution in [0.1, 0.15) is 24.0 Å². The van der Waals surface area contributed by atoms with Gasteiger partial charge in [-0.3, -0.25) is 0 Å². The maximum absolute atomic E-state index is 6.05. The number of aromatic nitrogens is 2. The second-order valence-electron chi connectivity index (χ2n) is 4.95. The molecule has 3 rings (SSSR count). The molecule has 0 saturated carbocycles. The van der Waals surface area contributed by atoms with Crippen molar-refractivity contribution in [2.75, 3.05) is 4.90 Å². The molecule has 1 aliphatic heterocycles. The summed E-state index contributed by atoms with van der Waals surface area (Å²) in [5, 5.41) is 0.820. The molecule has 0 radical (unpaired) electrons. The molecule has 3 nitrogen and oxygen atoms in total. The van der Waals surface area contributed by atoms with Crippen molar-refractivity contribution in [3.05, 3.63) is 46.5 Å². The first-order valence-corrected chi connectivity index (χ1v) is 6.57. The highest BCUT2D eigenvalue weighted by Crippen LogP contribution is 2.34. The van der Waals surface area contributed by atoms with E-state index in [0.29, 0.717) is 6.04 Å². The quantitative estimate of drug-likeness (QED) is 0.899. The number of aromatic amines is 1. The summed E-state index contributed by atoms with van der Waals surface area (Å²) in [5.74, 6) is 0.966. The average Bonchev–Trinajstić information content (AvgIpc) is 2.84. The Morgan fingerprint density at radius 1 is 1.50 bits per heavy atom. The number of nitrogens with one attached hydrogen (secondary N) is 1. The maximum Gasteiger partial charge on any atom is 0.103 e. The predicted octanol–water partition coefficient (Wildman–Crippen LogP) is 3.32. The van der Waals surface area contributed by atoms with Crippen molar-refractivity contribution in [2.45, 2.75) is 32.9 Å². The van der Waals surface area contributed by atoms with Crippen LogP contribution in [0, 0.1) is 6.92 Å². The van der Waals surface area contributed by atoms with Crippen molar-refractivity contribution in [3.8, 4) is 0 Å². The molecular weight excluding hydrogens is 246 g/mol. The van der Waals surface area contributed by atoms with E-state index in [1.165, 1.54) is 11.3 Å². The van der Waals surface area contributed by atoms with Gasteiger partial charge >= 0.3 is 0 Å². The summed E-state index contributed by atoms with van der Waals surface area (Å²) in [6, 6.07) is 6.65. The van der Waals surface area contributed by atoms with Crippen LogP contribution in [0.25, 0.3) is 0 Å². The number of aryl methyl sites for hydroxylation is 1. The maximum atomic E-state index is 6.05. The summed E-state index contributed by atoms with van der Waals surface area (Å²) < 4.78 is 0. The molecule has 0 amide bonds. The summed E-state index contributed by atoms with van der Waals surface area (Å²) >= 11 is 6.05. The first kappa shape index (κ1) is 11.6. The van der Waals surface area contributed by atoms with Crippen LogP contribution in [-0.4, -0.2) is 16.0 Å². The van der Waals surface area contributed by atoms with Gasteiger partial charge in [0.25, 0.3) is 0 Å². The molecule has 0 aliphatic carbocycles. The monoisotopic (exact) mass is 261 g/mol. The topological polar surface area (TPSA) is 31.9 Å². The van der Waals surface area contributed by atoms with Gasteiger partial charge < -0.3 is 9.88 Å². The second-order valence-corrected chi connectivity index (χ2v) is 5.38. The molecule has 18 heavy (non-hydrogen) atoms. The molecular formula is C14H16ClN3. The molecule has 0 bridgehead atoms. The zero-order valence-corrected chi connectivity index (χ0v) is 11.3. The van der Waals surface area contributed by atoms with Crippen LogP contribution in [0.2, 0.25) is 5.02 Å². The molecule has 1 aromatic carbocycles. The van der Waals surface area contributed by atoms with Crippen molar-refractivity contribution in [3.63, 3.8) is 0 Å². The van der Waals surface area contributed by atoms with Crippen LogP contribution in [0.4, 0.5) is 5.69 Å². The fourth-order valence-corrected chi connectivity index (χ4v) is 2.83. The lowest BCUT2D eigenvalue weighted by molar-refractivity contribution is 0.666. The number of anilines is 1. The molecule has 1 aromatic heterocycles. The van der Waals surface area contributed by atoms with Crippen LogP contribution in [0.5, 0.6) is 0 Å².